The van der Waals surface area contributed by atoms with Crippen LogP contribution in [0.25, 0.3) is 0 Å². The number of benzene rings is 3. The van der Waals surface area contributed by atoms with Crippen LogP contribution >= 0.6 is 0 Å². The quantitative estimate of drug-likeness (QED) is 0.574. The molecule has 0 spiro atoms. The van der Waals surface area contributed by atoms with Gasteiger partial charge in [-0.05, 0) is 42.3 Å². The van der Waals surface area contributed by atoms with Crippen molar-refractivity contribution in [3.05, 3.63) is 84.4 Å². The van der Waals surface area contributed by atoms with E-state index in [4.69, 9.17) is 15.2 Å². The van der Waals surface area contributed by atoms with Crippen LogP contribution in [0, 0.1) is 12.0 Å². The molecule has 23 heavy (non-hydrogen) atoms. The van der Waals surface area contributed by atoms with Crippen LogP contribution in [-0.4, -0.2) is 0 Å². The highest BCUT2D eigenvalue weighted by atomic mass is 16.5. The zero-order valence-electron chi connectivity index (χ0n) is 12.4. The Bertz CT molecular complexity index is 848. The van der Waals surface area contributed by atoms with Crippen molar-refractivity contribution in [2.45, 2.75) is 0 Å². The van der Waals surface area contributed by atoms with Gasteiger partial charge in [-0.1, -0.05) is 42.5 Å². The van der Waals surface area contributed by atoms with Crippen molar-refractivity contribution in [1.82, 2.24) is 0 Å². The molecular weight excluding hydrogens is 286 g/mol. The Kier molecular flexibility index (Phi) is 4.47. The number of hydrogen-bond donors (Lipinski definition) is 1. The second-order valence-electron chi connectivity index (χ2n) is 4.78. The third kappa shape index (κ3) is 3.84. The summed E-state index contributed by atoms with van der Waals surface area (Å²) in [6, 6.07) is 24.3. The summed E-state index contributed by atoms with van der Waals surface area (Å²) in [7, 11) is 0. The predicted octanol–water partition coefficient (Wildman–Crippen LogP) is 4.45. The number of nitrogen functional groups attached to an aromatic ring is 1. The first-order valence-corrected chi connectivity index (χ1v) is 7.17. The van der Waals surface area contributed by atoms with Gasteiger partial charge in [0.2, 0.25) is 0 Å². The Balaban J connectivity index is 1.79. The van der Waals surface area contributed by atoms with Gasteiger partial charge in [0.25, 0.3) is 0 Å². The highest BCUT2D eigenvalue weighted by Gasteiger charge is 2.07. The van der Waals surface area contributed by atoms with Gasteiger partial charge < -0.3 is 15.2 Å². The fraction of sp³-hybridized carbons (Fsp3) is 0. The Labute approximate surface area is 135 Å². The van der Waals surface area contributed by atoms with Crippen LogP contribution in [0.4, 0.5) is 5.69 Å². The van der Waals surface area contributed by atoms with Crippen LogP contribution in [0.1, 0.15) is 5.56 Å². The molecule has 3 nitrogen and oxygen atoms in total. The summed E-state index contributed by atoms with van der Waals surface area (Å²) < 4.78 is 11.4. The molecule has 2 N–H and O–H groups in total. The Morgan fingerprint density at radius 1 is 0.652 bits per heavy atom. The second-order valence-corrected chi connectivity index (χ2v) is 4.78. The van der Waals surface area contributed by atoms with Gasteiger partial charge in [0.1, 0.15) is 6.11 Å². The summed E-state index contributed by atoms with van der Waals surface area (Å²) in [5, 5.41) is 0. The Morgan fingerprint density at radius 2 is 1.26 bits per heavy atom. The van der Waals surface area contributed by atoms with Crippen LogP contribution in [0.15, 0.2) is 78.9 Å². The van der Waals surface area contributed by atoms with E-state index in [1.807, 2.05) is 66.7 Å². The molecule has 0 heterocycles. The van der Waals surface area contributed by atoms with Crippen LogP contribution in [0.2, 0.25) is 0 Å². The molecule has 0 fully saturated rings. The van der Waals surface area contributed by atoms with E-state index in [0.717, 1.165) is 5.56 Å². The summed E-state index contributed by atoms with van der Waals surface area (Å²) in [5.74, 6) is 4.63. The minimum absolute atomic E-state index is 0.541. The molecule has 0 atom stereocenters. The molecule has 3 heteroatoms. The molecule has 0 radical (unpaired) electrons. The maximum atomic E-state index is 5.90. The monoisotopic (exact) mass is 301 g/mol. The summed E-state index contributed by atoms with van der Waals surface area (Å²) in [6.07, 6.45) is 2.70. The number of rotatable bonds is 3. The van der Waals surface area contributed by atoms with Gasteiger partial charge in [0, 0.05) is 5.56 Å². The lowest BCUT2D eigenvalue weighted by atomic mass is 10.2. The van der Waals surface area contributed by atoms with Gasteiger partial charge >= 0.3 is 0 Å². The van der Waals surface area contributed by atoms with Gasteiger partial charge in [-0.15, -0.1) is 0 Å². The van der Waals surface area contributed by atoms with Crippen molar-refractivity contribution in [2.24, 2.45) is 0 Å². The molecule has 0 aromatic heterocycles. The lowest BCUT2D eigenvalue weighted by molar-refractivity contribution is 0.434. The molecule has 3 aromatic carbocycles. The van der Waals surface area contributed by atoms with Crippen molar-refractivity contribution in [3.8, 4) is 29.3 Å². The zero-order chi connectivity index (χ0) is 15.9. The highest BCUT2D eigenvalue weighted by molar-refractivity contribution is 5.55. The Hall–Kier alpha value is -3.38. The van der Waals surface area contributed by atoms with Crippen LogP contribution < -0.4 is 15.2 Å². The van der Waals surface area contributed by atoms with E-state index in [1.165, 1.54) is 0 Å². The van der Waals surface area contributed by atoms with E-state index in [1.54, 1.807) is 12.1 Å². The second kappa shape index (κ2) is 7.06. The molecule has 112 valence electrons. The lowest BCUT2D eigenvalue weighted by Crippen LogP contribution is -1.93. The maximum absolute atomic E-state index is 5.90. The zero-order valence-corrected chi connectivity index (χ0v) is 12.4. The normalized spacial score (nSPS) is 9.57. The van der Waals surface area contributed by atoms with E-state index >= 15 is 0 Å². The lowest BCUT2D eigenvalue weighted by Gasteiger charge is -2.10. The van der Waals surface area contributed by atoms with E-state index in [-0.39, 0.29) is 0 Å². The third-order valence-corrected chi connectivity index (χ3v) is 3.12. The number of hydrogen-bond acceptors (Lipinski definition) is 3. The highest BCUT2D eigenvalue weighted by Crippen LogP contribution is 2.33. The van der Waals surface area contributed by atoms with Crippen molar-refractivity contribution in [3.63, 3.8) is 0 Å². The average molecular weight is 301 g/mol. The molecule has 0 aliphatic heterocycles. The molecule has 0 aliphatic carbocycles. The molecule has 3 aromatic rings. The van der Waals surface area contributed by atoms with Gasteiger partial charge in [-0.3, -0.25) is 0 Å². The number of para-hydroxylation sites is 4. The first-order valence-electron chi connectivity index (χ1n) is 7.17. The first-order chi connectivity index (χ1) is 11.3. The maximum Gasteiger partial charge on any atom is 0.182 e. The van der Waals surface area contributed by atoms with Crippen LogP contribution in [-0.2, 0) is 0 Å². The number of anilines is 1. The van der Waals surface area contributed by atoms with Crippen molar-refractivity contribution in [2.75, 3.05) is 5.73 Å². The SMILES string of the molecule is Nc1ccccc1Oc1ccccc1OC#Cc1ccccc1. The van der Waals surface area contributed by atoms with E-state index in [9.17, 15) is 0 Å². The first kappa shape index (κ1) is 14.6. The average Bonchev–Trinajstić information content (AvgIpc) is 2.59. The molecule has 0 amide bonds. The third-order valence-electron chi connectivity index (χ3n) is 3.12. The molecule has 0 saturated carbocycles. The van der Waals surface area contributed by atoms with Gasteiger partial charge in [-0.25, -0.2) is 0 Å². The fourth-order valence-electron chi connectivity index (χ4n) is 1.97. The predicted molar refractivity (Wildman–Crippen MR) is 91.3 cm³/mol. The fourth-order valence-corrected chi connectivity index (χ4v) is 1.97. The minimum Gasteiger partial charge on any atom is -0.451 e. The number of nitrogens with two attached hydrogens (primary N) is 1. The molecule has 0 aliphatic rings. The topological polar surface area (TPSA) is 44.5 Å². The standard InChI is InChI=1S/C20H15NO2/c21-17-10-4-5-11-18(17)23-20-13-7-6-12-19(20)22-15-14-16-8-2-1-3-9-16/h1-13H,21H2. The van der Waals surface area contributed by atoms with Crippen molar-refractivity contribution < 1.29 is 9.47 Å². The molecule has 0 saturated heterocycles. The molecule has 3 rings (SSSR count). The minimum atomic E-state index is 0.541. The molecular formula is C20H15NO2. The van der Waals surface area contributed by atoms with Gasteiger partial charge in [0.15, 0.2) is 17.2 Å². The summed E-state index contributed by atoms with van der Waals surface area (Å²) >= 11 is 0. The summed E-state index contributed by atoms with van der Waals surface area (Å²) in [4.78, 5) is 0. The van der Waals surface area contributed by atoms with Crippen molar-refractivity contribution >= 4 is 5.69 Å². The Morgan fingerprint density at radius 3 is 2.00 bits per heavy atom. The summed E-state index contributed by atoms with van der Waals surface area (Å²) in [6.45, 7) is 0. The van der Waals surface area contributed by atoms with Gasteiger partial charge in [0.05, 0.1) is 5.69 Å². The van der Waals surface area contributed by atoms with Crippen LogP contribution in [0.3, 0.4) is 0 Å². The molecule has 0 unspecified atom stereocenters. The van der Waals surface area contributed by atoms with Gasteiger partial charge in [-0.2, -0.15) is 0 Å². The van der Waals surface area contributed by atoms with Crippen molar-refractivity contribution in [1.29, 1.82) is 0 Å². The molecule has 0 bridgehead atoms. The largest absolute Gasteiger partial charge is 0.451 e. The van der Waals surface area contributed by atoms with E-state index < -0.39 is 0 Å². The van der Waals surface area contributed by atoms with Crippen LogP contribution in [0.5, 0.6) is 17.2 Å². The van der Waals surface area contributed by atoms with E-state index in [2.05, 4.69) is 12.0 Å². The van der Waals surface area contributed by atoms with E-state index in [0.29, 0.717) is 22.9 Å². The summed E-state index contributed by atoms with van der Waals surface area (Å²) in [5.41, 5.74) is 7.36. The number of ether oxygens (including phenoxy) is 2. The smallest absolute Gasteiger partial charge is 0.182 e.